The van der Waals surface area contributed by atoms with Gasteiger partial charge in [0.1, 0.15) is 5.82 Å². The molecule has 0 saturated carbocycles. The van der Waals surface area contributed by atoms with Gasteiger partial charge in [-0.25, -0.2) is 4.39 Å². The van der Waals surface area contributed by atoms with Crippen molar-refractivity contribution in [2.24, 2.45) is 0 Å². The van der Waals surface area contributed by atoms with E-state index in [9.17, 15) is 9.18 Å². The van der Waals surface area contributed by atoms with E-state index in [1.165, 1.54) is 30.5 Å². The van der Waals surface area contributed by atoms with Crippen LogP contribution in [0.5, 0.6) is 0 Å². The Bertz CT molecular complexity index is 900. The van der Waals surface area contributed by atoms with Gasteiger partial charge in [0, 0.05) is 29.6 Å². The van der Waals surface area contributed by atoms with E-state index in [2.05, 4.69) is 15.6 Å². The highest BCUT2D eigenvalue weighted by molar-refractivity contribution is 6.30. The Morgan fingerprint density at radius 2 is 1.85 bits per heavy atom. The minimum Gasteiger partial charge on any atom is -0.383 e. The van der Waals surface area contributed by atoms with Crippen molar-refractivity contribution in [1.82, 2.24) is 4.98 Å². The highest BCUT2D eigenvalue weighted by atomic mass is 35.5. The molecular formula is C20H17ClFN3O. The first-order chi connectivity index (χ1) is 12.6. The lowest BCUT2D eigenvalue weighted by Crippen LogP contribution is -2.13. The minimum absolute atomic E-state index is 0.303. The van der Waals surface area contributed by atoms with Gasteiger partial charge < -0.3 is 10.6 Å². The molecule has 4 nitrogen and oxygen atoms in total. The van der Waals surface area contributed by atoms with Gasteiger partial charge in [-0.05, 0) is 54.4 Å². The summed E-state index contributed by atoms with van der Waals surface area (Å²) in [5.41, 5.74) is 2.82. The number of hydrogen-bond acceptors (Lipinski definition) is 3. The number of carbonyl (C=O) groups excluding carboxylic acids is 1. The van der Waals surface area contributed by atoms with Crippen molar-refractivity contribution in [3.8, 4) is 0 Å². The average molecular weight is 370 g/mol. The molecule has 1 amide bonds. The van der Waals surface area contributed by atoms with E-state index < -0.39 is 0 Å². The van der Waals surface area contributed by atoms with Gasteiger partial charge in [0.05, 0.1) is 11.3 Å². The molecule has 3 rings (SSSR count). The summed E-state index contributed by atoms with van der Waals surface area (Å²) in [6.45, 7) is 0.686. The maximum absolute atomic E-state index is 12.9. The number of nitrogens with zero attached hydrogens (tertiary/aromatic N) is 1. The predicted molar refractivity (Wildman–Crippen MR) is 102 cm³/mol. The normalized spacial score (nSPS) is 10.4. The summed E-state index contributed by atoms with van der Waals surface area (Å²) in [5.74, 6) is -0.654. The summed E-state index contributed by atoms with van der Waals surface area (Å²) in [5, 5.41) is 6.67. The monoisotopic (exact) mass is 369 g/mol. The first-order valence-electron chi connectivity index (χ1n) is 8.10. The first-order valence-corrected chi connectivity index (χ1v) is 8.48. The lowest BCUT2D eigenvalue weighted by molar-refractivity contribution is 0.102. The quantitative estimate of drug-likeness (QED) is 0.657. The molecule has 3 aromatic rings. The molecule has 2 N–H and O–H groups in total. The molecule has 6 heteroatoms. The lowest BCUT2D eigenvalue weighted by Gasteiger charge is -2.09. The van der Waals surface area contributed by atoms with Gasteiger partial charge in [0.15, 0.2) is 0 Å². The van der Waals surface area contributed by atoms with Crippen molar-refractivity contribution in [3.63, 3.8) is 0 Å². The Kier molecular flexibility index (Phi) is 5.81. The fourth-order valence-corrected chi connectivity index (χ4v) is 2.65. The van der Waals surface area contributed by atoms with Crippen molar-refractivity contribution >= 4 is 28.9 Å². The van der Waals surface area contributed by atoms with Gasteiger partial charge >= 0.3 is 0 Å². The summed E-state index contributed by atoms with van der Waals surface area (Å²) in [6, 6.07) is 15.0. The highest BCUT2D eigenvalue weighted by Gasteiger charge is 2.08. The number of halogens is 2. The molecule has 0 unspecified atom stereocenters. The number of aromatic nitrogens is 1. The second-order valence-electron chi connectivity index (χ2n) is 5.73. The van der Waals surface area contributed by atoms with E-state index in [4.69, 9.17) is 11.6 Å². The maximum Gasteiger partial charge on any atom is 0.257 e. The van der Waals surface area contributed by atoms with Crippen LogP contribution in [-0.4, -0.2) is 17.4 Å². The van der Waals surface area contributed by atoms with Crippen LogP contribution in [0.3, 0.4) is 0 Å². The molecule has 0 fully saturated rings. The molecule has 26 heavy (non-hydrogen) atoms. The van der Waals surface area contributed by atoms with Crippen LogP contribution < -0.4 is 10.6 Å². The lowest BCUT2D eigenvalue weighted by atomic mass is 10.1. The van der Waals surface area contributed by atoms with E-state index in [-0.39, 0.29) is 11.7 Å². The maximum atomic E-state index is 12.9. The smallest absolute Gasteiger partial charge is 0.257 e. The van der Waals surface area contributed by atoms with Crippen molar-refractivity contribution in [2.45, 2.75) is 6.42 Å². The zero-order valence-electron chi connectivity index (χ0n) is 13.9. The fraction of sp³-hybridized carbons (Fsp3) is 0.100. The molecule has 0 aliphatic carbocycles. The average Bonchev–Trinajstić information content (AvgIpc) is 2.64. The van der Waals surface area contributed by atoms with Crippen molar-refractivity contribution in [2.75, 3.05) is 17.2 Å². The molecule has 0 bridgehead atoms. The molecule has 2 aromatic carbocycles. The molecule has 132 valence electrons. The van der Waals surface area contributed by atoms with Crippen LogP contribution in [-0.2, 0) is 6.42 Å². The van der Waals surface area contributed by atoms with Gasteiger partial charge in [-0.15, -0.1) is 0 Å². The third kappa shape index (κ3) is 5.04. The molecule has 0 radical (unpaired) electrons. The van der Waals surface area contributed by atoms with Crippen molar-refractivity contribution < 1.29 is 9.18 Å². The van der Waals surface area contributed by atoms with Gasteiger partial charge in [-0.1, -0.05) is 23.7 Å². The van der Waals surface area contributed by atoms with Gasteiger partial charge in [0.2, 0.25) is 0 Å². The third-order valence-electron chi connectivity index (χ3n) is 3.73. The molecule has 0 saturated heterocycles. The van der Waals surface area contributed by atoms with Gasteiger partial charge in [-0.3, -0.25) is 9.78 Å². The van der Waals surface area contributed by atoms with E-state index in [1.807, 2.05) is 24.3 Å². The molecule has 0 spiro atoms. The molecule has 1 aromatic heterocycles. The van der Waals surface area contributed by atoms with Gasteiger partial charge in [-0.2, -0.15) is 0 Å². The largest absolute Gasteiger partial charge is 0.383 e. The van der Waals surface area contributed by atoms with Crippen LogP contribution in [0.15, 0.2) is 67.0 Å². The van der Waals surface area contributed by atoms with E-state index in [0.717, 1.165) is 17.7 Å². The number of hydrogen-bond donors (Lipinski definition) is 2. The third-order valence-corrected chi connectivity index (χ3v) is 3.97. The summed E-state index contributed by atoms with van der Waals surface area (Å²) in [6.07, 6.45) is 3.94. The SMILES string of the molecule is O=C(Nc1ccc(F)cc1)c1cncc(NCCc2cccc(Cl)c2)c1. The minimum atomic E-state index is -0.351. The second-order valence-corrected chi connectivity index (χ2v) is 6.17. The number of benzene rings is 2. The molecular weight excluding hydrogens is 353 g/mol. The van der Waals surface area contributed by atoms with Gasteiger partial charge in [0.25, 0.3) is 5.91 Å². The number of rotatable bonds is 6. The van der Waals surface area contributed by atoms with Crippen molar-refractivity contribution in [1.29, 1.82) is 0 Å². The number of pyridine rings is 1. The number of nitrogens with one attached hydrogen (secondary N) is 2. The summed E-state index contributed by atoms with van der Waals surface area (Å²) in [4.78, 5) is 16.4. The molecule has 0 aliphatic heterocycles. The fourth-order valence-electron chi connectivity index (χ4n) is 2.44. The summed E-state index contributed by atoms with van der Waals surface area (Å²) >= 11 is 5.98. The first kappa shape index (κ1) is 17.9. The molecule has 1 heterocycles. The second kappa shape index (κ2) is 8.45. The zero-order valence-corrected chi connectivity index (χ0v) is 14.6. The Morgan fingerprint density at radius 3 is 2.62 bits per heavy atom. The number of carbonyl (C=O) groups is 1. The topological polar surface area (TPSA) is 54.0 Å². The Balaban J connectivity index is 1.58. The van der Waals surface area contributed by atoms with E-state index in [0.29, 0.717) is 22.8 Å². The number of amides is 1. The standard InChI is InChI=1S/C20H17ClFN3O/c21-16-3-1-2-14(10-16)8-9-24-19-11-15(12-23-13-19)20(26)25-18-6-4-17(22)5-7-18/h1-7,10-13,24H,8-9H2,(H,25,26). The molecule has 0 atom stereocenters. The van der Waals surface area contributed by atoms with Crippen molar-refractivity contribution in [3.05, 3.63) is 89.0 Å². The molecule has 0 aliphatic rings. The van der Waals surface area contributed by atoms with E-state index >= 15 is 0 Å². The van der Waals surface area contributed by atoms with Crippen LogP contribution in [0.1, 0.15) is 15.9 Å². The van der Waals surface area contributed by atoms with Crippen LogP contribution in [0.2, 0.25) is 5.02 Å². The summed E-state index contributed by atoms with van der Waals surface area (Å²) in [7, 11) is 0. The summed E-state index contributed by atoms with van der Waals surface area (Å²) < 4.78 is 12.9. The Morgan fingerprint density at radius 1 is 1.04 bits per heavy atom. The van der Waals surface area contributed by atoms with Crippen LogP contribution in [0.4, 0.5) is 15.8 Å². The predicted octanol–water partition coefficient (Wildman–Crippen LogP) is 4.78. The zero-order chi connectivity index (χ0) is 18.4. The highest BCUT2D eigenvalue weighted by Crippen LogP contribution is 2.14. The van der Waals surface area contributed by atoms with Crippen LogP contribution in [0.25, 0.3) is 0 Å². The van der Waals surface area contributed by atoms with Crippen LogP contribution >= 0.6 is 11.6 Å². The van der Waals surface area contributed by atoms with E-state index in [1.54, 1.807) is 12.3 Å². The number of anilines is 2. The Labute approximate surface area is 156 Å². The van der Waals surface area contributed by atoms with Crippen LogP contribution in [0, 0.1) is 5.82 Å². The Hall–Kier alpha value is -2.92.